The molecule has 1 spiro atoms. The Morgan fingerprint density at radius 1 is 1.28 bits per heavy atom. The first-order valence-electron chi connectivity index (χ1n) is 11.1. The van der Waals surface area contributed by atoms with Gasteiger partial charge in [0.15, 0.2) is 17.7 Å². The van der Waals surface area contributed by atoms with E-state index in [9.17, 15) is 14.7 Å². The Balaban J connectivity index is 1.39. The van der Waals surface area contributed by atoms with Crippen LogP contribution in [0.3, 0.4) is 0 Å². The Bertz CT molecular complexity index is 608. The monoisotopic (exact) mass is 409 g/mol. The van der Waals surface area contributed by atoms with Crippen molar-refractivity contribution in [1.29, 1.82) is 0 Å². The molecule has 3 fully saturated rings. The third-order valence-electron chi connectivity index (χ3n) is 6.28. The van der Waals surface area contributed by atoms with Gasteiger partial charge in [-0.15, -0.1) is 0 Å². The van der Waals surface area contributed by atoms with Gasteiger partial charge in [0, 0.05) is 20.0 Å². The molecule has 2 aliphatic heterocycles. The van der Waals surface area contributed by atoms with Crippen LogP contribution in [0.2, 0.25) is 0 Å². The lowest BCUT2D eigenvalue weighted by Crippen LogP contribution is -2.52. The minimum absolute atomic E-state index is 0.131. The van der Waals surface area contributed by atoms with Crippen LogP contribution < -0.4 is 5.32 Å². The lowest BCUT2D eigenvalue weighted by molar-refractivity contribution is -0.174. The van der Waals surface area contributed by atoms with Gasteiger partial charge in [-0.25, -0.2) is 0 Å². The van der Waals surface area contributed by atoms with E-state index in [2.05, 4.69) is 12.2 Å². The van der Waals surface area contributed by atoms with Crippen LogP contribution in [0, 0.1) is 0 Å². The second kappa shape index (κ2) is 10.2. The topological polar surface area (TPSA) is 97.4 Å². The van der Waals surface area contributed by atoms with Gasteiger partial charge in [0.2, 0.25) is 5.91 Å². The van der Waals surface area contributed by atoms with E-state index in [0.717, 1.165) is 12.8 Å². The fraction of sp³-hybridized carbons (Fsp3) is 0.818. The molecule has 0 unspecified atom stereocenters. The zero-order valence-electron chi connectivity index (χ0n) is 17.6. The molecule has 1 saturated carbocycles. The van der Waals surface area contributed by atoms with Gasteiger partial charge < -0.3 is 24.6 Å². The van der Waals surface area contributed by atoms with Crippen LogP contribution in [-0.4, -0.2) is 60.2 Å². The number of carbonyl (C=O) groups excluding carboxylic acids is 2. The van der Waals surface area contributed by atoms with Gasteiger partial charge >= 0.3 is 0 Å². The molecule has 7 nitrogen and oxygen atoms in total. The molecule has 3 aliphatic rings. The van der Waals surface area contributed by atoms with E-state index in [4.69, 9.17) is 14.2 Å². The summed E-state index contributed by atoms with van der Waals surface area (Å²) in [6.45, 7) is 2.21. The highest BCUT2D eigenvalue weighted by molar-refractivity contribution is 5.92. The largest absolute Gasteiger partial charge is 0.378 e. The molecule has 0 aromatic heterocycles. The van der Waals surface area contributed by atoms with E-state index in [1.54, 1.807) is 7.11 Å². The second-order valence-corrected chi connectivity index (χ2v) is 8.45. The number of epoxide rings is 1. The number of hydrogen-bond donors (Lipinski definition) is 2. The number of carbonyl (C=O) groups is 2. The second-order valence-electron chi connectivity index (χ2n) is 8.45. The molecule has 29 heavy (non-hydrogen) atoms. The van der Waals surface area contributed by atoms with E-state index in [1.807, 2.05) is 6.08 Å². The van der Waals surface area contributed by atoms with Crippen molar-refractivity contribution in [2.24, 2.45) is 0 Å². The third-order valence-corrected chi connectivity index (χ3v) is 6.28. The number of unbranched alkanes of at least 4 members (excludes halogenated alkanes) is 7. The summed E-state index contributed by atoms with van der Waals surface area (Å²) >= 11 is 0. The fourth-order valence-corrected chi connectivity index (χ4v) is 4.53. The summed E-state index contributed by atoms with van der Waals surface area (Å²) < 4.78 is 16.6. The zero-order valence-corrected chi connectivity index (χ0v) is 17.6. The Hall–Kier alpha value is -1.28. The molecule has 1 aliphatic carbocycles. The van der Waals surface area contributed by atoms with Crippen LogP contribution in [0.1, 0.15) is 71.1 Å². The summed E-state index contributed by atoms with van der Waals surface area (Å²) in [5.41, 5.74) is -1.17. The van der Waals surface area contributed by atoms with Gasteiger partial charge in [-0.3, -0.25) is 9.59 Å². The number of allylic oxidation sites excluding steroid dienone is 1. The predicted molar refractivity (Wildman–Crippen MR) is 107 cm³/mol. The van der Waals surface area contributed by atoms with Gasteiger partial charge in [0.1, 0.15) is 12.2 Å². The van der Waals surface area contributed by atoms with Crippen LogP contribution in [0.4, 0.5) is 0 Å². The first kappa shape index (κ1) is 22.4. The normalized spacial score (nSPS) is 36.0. The van der Waals surface area contributed by atoms with Gasteiger partial charge in [-0.05, 0) is 18.9 Å². The maximum Gasteiger partial charge on any atom is 0.244 e. The summed E-state index contributed by atoms with van der Waals surface area (Å²) in [6, 6.07) is -0.626. The van der Waals surface area contributed by atoms with E-state index < -0.39 is 24.0 Å². The molecular formula is C22H35NO6. The number of fused-ring (bicyclic) bond motifs is 2. The van der Waals surface area contributed by atoms with E-state index in [0.29, 0.717) is 0 Å². The predicted octanol–water partition coefficient (Wildman–Crippen LogP) is 2.40. The highest BCUT2D eigenvalue weighted by Gasteiger charge is 2.70. The summed E-state index contributed by atoms with van der Waals surface area (Å²) in [4.78, 5) is 24.8. The van der Waals surface area contributed by atoms with Crippen molar-refractivity contribution < 1.29 is 28.9 Å². The average molecular weight is 410 g/mol. The standard InChI is InChI=1S/C22H35NO6/c1-3-4-5-6-7-8-9-10-11-12-18(25)23-15-14-22(29-21(15)26)17(24)13-16(27-2)19-20(22)28-19/h11-12,15-16,19-21,26H,3-10,13-14H2,1-2H3,(H,23,25)/t15-,16-,19-,20-,21+,22+/m0/s1. The number of hydrogen-bond acceptors (Lipinski definition) is 6. The molecule has 0 bridgehead atoms. The lowest BCUT2D eigenvalue weighted by Gasteiger charge is -2.30. The highest BCUT2D eigenvalue weighted by atomic mass is 16.7. The smallest absolute Gasteiger partial charge is 0.244 e. The van der Waals surface area contributed by atoms with Crippen LogP contribution in [0.5, 0.6) is 0 Å². The molecule has 2 N–H and O–H groups in total. The summed E-state index contributed by atoms with van der Waals surface area (Å²) in [5.74, 6) is -0.405. The van der Waals surface area contributed by atoms with Gasteiger partial charge in [-0.2, -0.15) is 0 Å². The maximum atomic E-state index is 12.6. The molecule has 0 aromatic rings. The minimum Gasteiger partial charge on any atom is -0.378 e. The van der Waals surface area contributed by atoms with Crippen molar-refractivity contribution in [3.8, 4) is 0 Å². The summed E-state index contributed by atoms with van der Waals surface area (Å²) in [5, 5.41) is 13.0. The van der Waals surface area contributed by atoms with Crippen molar-refractivity contribution in [2.45, 2.75) is 107 Å². The molecule has 2 saturated heterocycles. The first-order chi connectivity index (χ1) is 14.0. The molecule has 6 atom stereocenters. The van der Waals surface area contributed by atoms with Gasteiger partial charge in [0.05, 0.1) is 12.1 Å². The van der Waals surface area contributed by atoms with Crippen LogP contribution in [0.25, 0.3) is 0 Å². The van der Waals surface area contributed by atoms with Crippen molar-refractivity contribution >= 4 is 11.7 Å². The number of rotatable bonds is 11. The molecule has 7 heteroatoms. The Morgan fingerprint density at radius 2 is 2.00 bits per heavy atom. The maximum absolute atomic E-state index is 12.6. The van der Waals surface area contributed by atoms with Crippen molar-refractivity contribution in [3.63, 3.8) is 0 Å². The van der Waals surface area contributed by atoms with Crippen molar-refractivity contribution in [1.82, 2.24) is 5.32 Å². The van der Waals surface area contributed by atoms with Crippen molar-refractivity contribution in [3.05, 3.63) is 12.2 Å². The summed E-state index contributed by atoms with van der Waals surface area (Å²) in [7, 11) is 1.56. The fourth-order valence-electron chi connectivity index (χ4n) is 4.53. The molecule has 1 amide bonds. The number of methoxy groups -OCH3 is 1. The van der Waals surface area contributed by atoms with Gasteiger partial charge in [0.25, 0.3) is 0 Å². The zero-order chi connectivity index (χ0) is 20.9. The minimum atomic E-state index is -1.22. The molecule has 0 aromatic carbocycles. The van der Waals surface area contributed by atoms with Crippen LogP contribution in [-0.2, 0) is 23.8 Å². The quantitative estimate of drug-likeness (QED) is 0.309. The number of ketones is 1. The number of amides is 1. The first-order valence-corrected chi connectivity index (χ1v) is 11.1. The average Bonchev–Trinajstić information content (AvgIpc) is 3.44. The lowest BCUT2D eigenvalue weighted by atomic mass is 9.79. The number of nitrogens with one attached hydrogen (secondary N) is 1. The van der Waals surface area contributed by atoms with Gasteiger partial charge in [-0.1, -0.05) is 51.5 Å². The van der Waals surface area contributed by atoms with Crippen LogP contribution >= 0.6 is 0 Å². The highest BCUT2D eigenvalue weighted by Crippen LogP contribution is 2.50. The molecule has 0 radical (unpaired) electrons. The van der Waals surface area contributed by atoms with E-state index in [1.165, 1.54) is 44.6 Å². The molecule has 164 valence electrons. The Kier molecular flexibility index (Phi) is 7.85. The Morgan fingerprint density at radius 3 is 2.72 bits per heavy atom. The van der Waals surface area contributed by atoms with Crippen molar-refractivity contribution in [2.75, 3.05) is 7.11 Å². The number of aliphatic hydroxyl groups is 1. The molecule has 2 heterocycles. The number of ether oxygens (including phenoxy) is 3. The number of Topliss-reactive ketones (excluding diaryl/α,β-unsaturated/α-hetero) is 1. The van der Waals surface area contributed by atoms with E-state index in [-0.39, 0.29) is 36.7 Å². The number of aliphatic hydroxyl groups excluding tert-OH is 1. The Labute approximate surface area is 173 Å². The molecular weight excluding hydrogens is 374 g/mol. The SMILES string of the molecule is CCCCCCCCCC=CC(=O)N[C@H]1C[C@@]2(O[C@H]1O)C(=O)C[C@H](OC)[C@@H]1O[C@@H]12. The third kappa shape index (κ3) is 5.26. The summed E-state index contributed by atoms with van der Waals surface area (Å²) in [6.07, 6.45) is 11.3. The van der Waals surface area contributed by atoms with Crippen LogP contribution in [0.15, 0.2) is 12.2 Å². The molecule has 3 rings (SSSR count). The van der Waals surface area contributed by atoms with E-state index >= 15 is 0 Å².